The molecule has 1 aromatic carbocycles. The predicted octanol–water partition coefficient (Wildman–Crippen LogP) is 1.05. The molecular weight excluding hydrogens is 294 g/mol. The fraction of sp³-hybridized carbons (Fsp3) is 0.500. The molecule has 6 nitrogen and oxygen atoms in total. The van der Waals surface area contributed by atoms with Crippen molar-refractivity contribution in [2.45, 2.75) is 42.7 Å². The van der Waals surface area contributed by atoms with Crippen molar-refractivity contribution < 1.29 is 23.1 Å². The highest BCUT2D eigenvalue weighted by Crippen LogP contribution is 2.20. The molecule has 1 aromatic rings. The first kappa shape index (κ1) is 15.9. The van der Waals surface area contributed by atoms with Gasteiger partial charge < -0.3 is 9.84 Å². The zero-order chi connectivity index (χ0) is 15.5. The number of rotatable bonds is 4. The van der Waals surface area contributed by atoms with Gasteiger partial charge in [-0.25, -0.2) is 17.9 Å². The smallest absolute Gasteiger partial charge is 0.337 e. The van der Waals surface area contributed by atoms with Crippen molar-refractivity contribution in [2.24, 2.45) is 0 Å². The molecule has 0 aromatic heterocycles. The molecular formula is C14H19NO5S. The molecule has 0 amide bonds. The SMILES string of the molecule is COC(=O)c1ccc(S(=O)(=O)NC2CCC(O)CC2)cc1. The minimum atomic E-state index is -3.61. The number of benzene rings is 1. The van der Waals surface area contributed by atoms with Crippen molar-refractivity contribution in [3.8, 4) is 0 Å². The first-order chi connectivity index (χ1) is 9.92. The standard InChI is InChI=1S/C14H19NO5S/c1-20-14(17)10-2-8-13(9-3-10)21(18,19)15-11-4-6-12(16)7-5-11/h2-3,8-9,11-12,15-16H,4-7H2,1H3. The first-order valence-electron chi connectivity index (χ1n) is 6.81. The Bertz CT molecular complexity index is 588. The predicted molar refractivity (Wildman–Crippen MR) is 76.4 cm³/mol. The number of carbonyl (C=O) groups excluding carboxylic acids is 1. The summed E-state index contributed by atoms with van der Waals surface area (Å²) in [6, 6.07) is 5.45. The van der Waals surface area contributed by atoms with Crippen LogP contribution in [-0.4, -0.2) is 38.7 Å². The van der Waals surface area contributed by atoms with E-state index in [1.165, 1.54) is 31.4 Å². The number of hydrogen-bond acceptors (Lipinski definition) is 5. The zero-order valence-electron chi connectivity index (χ0n) is 11.8. The van der Waals surface area contributed by atoms with Crippen molar-refractivity contribution >= 4 is 16.0 Å². The topological polar surface area (TPSA) is 92.7 Å². The van der Waals surface area contributed by atoms with Crippen LogP contribution in [0.25, 0.3) is 0 Å². The summed E-state index contributed by atoms with van der Waals surface area (Å²) in [6.45, 7) is 0. The molecule has 2 N–H and O–H groups in total. The summed E-state index contributed by atoms with van der Waals surface area (Å²) in [5, 5.41) is 9.43. The summed E-state index contributed by atoms with van der Waals surface area (Å²) < 4.78 is 31.7. The summed E-state index contributed by atoms with van der Waals surface area (Å²) >= 11 is 0. The molecule has 1 aliphatic rings. The van der Waals surface area contributed by atoms with Gasteiger partial charge in [0.1, 0.15) is 0 Å². The Hall–Kier alpha value is -1.44. The van der Waals surface area contributed by atoms with Crippen LogP contribution < -0.4 is 4.72 Å². The van der Waals surface area contributed by atoms with Gasteiger partial charge >= 0.3 is 5.97 Å². The van der Waals surface area contributed by atoms with Crippen molar-refractivity contribution in [2.75, 3.05) is 7.11 Å². The Morgan fingerprint density at radius 2 is 1.76 bits per heavy atom. The fourth-order valence-electron chi connectivity index (χ4n) is 2.37. The van der Waals surface area contributed by atoms with E-state index in [1.54, 1.807) is 0 Å². The lowest BCUT2D eigenvalue weighted by atomic mass is 9.94. The molecule has 1 fully saturated rings. The van der Waals surface area contributed by atoms with Gasteiger partial charge in [-0.1, -0.05) is 0 Å². The Morgan fingerprint density at radius 1 is 1.19 bits per heavy atom. The fourth-order valence-corrected chi connectivity index (χ4v) is 3.67. The van der Waals surface area contributed by atoms with Crippen molar-refractivity contribution in [1.29, 1.82) is 0 Å². The maximum atomic E-state index is 12.2. The molecule has 7 heteroatoms. The Morgan fingerprint density at radius 3 is 2.29 bits per heavy atom. The Kier molecular flexibility index (Phi) is 4.97. The van der Waals surface area contributed by atoms with E-state index in [0.717, 1.165) is 0 Å². The summed E-state index contributed by atoms with van der Waals surface area (Å²) in [5.74, 6) is -0.506. The maximum Gasteiger partial charge on any atom is 0.337 e. The Balaban J connectivity index is 2.07. The van der Waals surface area contributed by atoms with E-state index in [2.05, 4.69) is 9.46 Å². The highest BCUT2D eigenvalue weighted by atomic mass is 32.2. The van der Waals surface area contributed by atoms with E-state index in [9.17, 15) is 18.3 Å². The van der Waals surface area contributed by atoms with Gasteiger partial charge in [0.05, 0.1) is 23.7 Å². The van der Waals surface area contributed by atoms with Crippen LogP contribution in [0, 0.1) is 0 Å². The van der Waals surface area contributed by atoms with Crippen molar-refractivity contribution in [3.63, 3.8) is 0 Å². The van der Waals surface area contributed by atoms with Gasteiger partial charge in [-0.15, -0.1) is 0 Å². The van der Waals surface area contributed by atoms with E-state index in [-0.39, 0.29) is 17.0 Å². The molecule has 21 heavy (non-hydrogen) atoms. The third kappa shape index (κ3) is 4.03. The zero-order valence-corrected chi connectivity index (χ0v) is 12.6. The molecule has 0 aliphatic heterocycles. The van der Waals surface area contributed by atoms with Gasteiger partial charge in [-0.2, -0.15) is 0 Å². The number of esters is 1. The van der Waals surface area contributed by atoms with Gasteiger partial charge in [0.25, 0.3) is 0 Å². The molecule has 1 saturated carbocycles. The number of nitrogens with one attached hydrogen (secondary N) is 1. The third-order valence-electron chi connectivity index (χ3n) is 3.60. The normalized spacial score (nSPS) is 22.8. The second-order valence-corrected chi connectivity index (χ2v) is 6.86. The average Bonchev–Trinajstić information content (AvgIpc) is 2.49. The van der Waals surface area contributed by atoms with Crippen LogP contribution in [0.5, 0.6) is 0 Å². The maximum absolute atomic E-state index is 12.2. The van der Waals surface area contributed by atoms with E-state index >= 15 is 0 Å². The number of sulfonamides is 1. The number of methoxy groups -OCH3 is 1. The molecule has 2 rings (SSSR count). The van der Waals surface area contributed by atoms with E-state index in [0.29, 0.717) is 31.2 Å². The van der Waals surface area contributed by atoms with Gasteiger partial charge in [-0.3, -0.25) is 0 Å². The molecule has 1 aliphatic carbocycles. The Labute approximate surface area is 124 Å². The summed E-state index contributed by atoms with van der Waals surface area (Å²) in [5.41, 5.74) is 0.303. The van der Waals surface area contributed by atoms with Gasteiger partial charge in [0.2, 0.25) is 10.0 Å². The molecule has 0 heterocycles. The third-order valence-corrected chi connectivity index (χ3v) is 5.14. The summed E-state index contributed by atoms with van der Waals surface area (Å²) in [6.07, 6.45) is 2.13. The number of hydrogen-bond donors (Lipinski definition) is 2. The second kappa shape index (κ2) is 6.55. The van der Waals surface area contributed by atoms with E-state index < -0.39 is 16.0 Å². The van der Waals surface area contributed by atoms with Crippen LogP contribution in [0.3, 0.4) is 0 Å². The highest BCUT2D eigenvalue weighted by molar-refractivity contribution is 7.89. The number of ether oxygens (including phenoxy) is 1. The van der Waals surface area contributed by atoms with Crippen LogP contribution in [0.4, 0.5) is 0 Å². The lowest BCUT2D eigenvalue weighted by Gasteiger charge is -2.25. The molecule has 0 spiro atoms. The number of carbonyl (C=O) groups is 1. The van der Waals surface area contributed by atoms with E-state index in [4.69, 9.17) is 0 Å². The summed E-state index contributed by atoms with van der Waals surface area (Å²) in [4.78, 5) is 11.4. The summed E-state index contributed by atoms with van der Waals surface area (Å²) in [7, 11) is -2.34. The number of aliphatic hydroxyl groups is 1. The lowest BCUT2D eigenvalue weighted by Crippen LogP contribution is -2.38. The molecule has 0 saturated heterocycles. The van der Waals surface area contributed by atoms with Crippen LogP contribution in [-0.2, 0) is 14.8 Å². The highest BCUT2D eigenvalue weighted by Gasteiger charge is 2.24. The van der Waals surface area contributed by atoms with Crippen molar-refractivity contribution in [3.05, 3.63) is 29.8 Å². The molecule has 0 radical (unpaired) electrons. The van der Waals surface area contributed by atoms with Gasteiger partial charge in [0, 0.05) is 6.04 Å². The molecule has 0 bridgehead atoms. The molecule has 0 atom stereocenters. The van der Waals surface area contributed by atoms with Gasteiger partial charge in [-0.05, 0) is 49.9 Å². The second-order valence-electron chi connectivity index (χ2n) is 5.14. The quantitative estimate of drug-likeness (QED) is 0.811. The molecule has 116 valence electrons. The van der Waals surface area contributed by atoms with Crippen LogP contribution in [0.1, 0.15) is 36.0 Å². The van der Waals surface area contributed by atoms with Crippen LogP contribution in [0.15, 0.2) is 29.2 Å². The van der Waals surface area contributed by atoms with Gasteiger partial charge in [0.15, 0.2) is 0 Å². The van der Waals surface area contributed by atoms with Crippen LogP contribution in [0.2, 0.25) is 0 Å². The molecule has 0 unspecified atom stereocenters. The van der Waals surface area contributed by atoms with Crippen molar-refractivity contribution in [1.82, 2.24) is 4.72 Å². The first-order valence-corrected chi connectivity index (χ1v) is 8.29. The van der Waals surface area contributed by atoms with E-state index in [1.807, 2.05) is 0 Å². The average molecular weight is 313 g/mol. The number of aliphatic hydroxyl groups excluding tert-OH is 1. The largest absolute Gasteiger partial charge is 0.465 e. The monoisotopic (exact) mass is 313 g/mol. The minimum Gasteiger partial charge on any atom is -0.465 e. The minimum absolute atomic E-state index is 0.112. The van der Waals surface area contributed by atoms with Crippen LogP contribution >= 0.6 is 0 Å². The lowest BCUT2D eigenvalue weighted by molar-refractivity contribution is 0.0600.